The van der Waals surface area contributed by atoms with E-state index >= 15 is 0 Å². The first kappa shape index (κ1) is 16.0. The number of hydrogen-bond acceptors (Lipinski definition) is 2. The average molecular weight is 363 g/mol. The van der Waals surface area contributed by atoms with Crippen molar-refractivity contribution >= 4 is 21.6 Å². The fourth-order valence-corrected chi connectivity index (χ4v) is 4.58. The maximum absolute atomic E-state index is 5.08. The molecule has 0 aliphatic rings. The van der Waals surface area contributed by atoms with Crippen LogP contribution in [0.2, 0.25) is 0 Å². The second-order valence-corrected chi connectivity index (χ2v) is 7.50. The molecular formula is C25H17NS. The first-order chi connectivity index (χ1) is 13.4. The van der Waals surface area contributed by atoms with E-state index in [1.807, 2.05) is 17.4 Å². The minimum atomic E-state index is 1.01. The number of rotatable bonds is 3. The Kier molecular flexibility index (Phi) is 4.04. The zero-order chi connectivity index (χ0) is 18.1. The van der Waals surface area contributed by atoms with Crippen LogP contribution in [0, 0.1) is 0 Å². The monoisotopic (exact) mass is 363 g/mol. The van der Waals surface area contributed by atoms with Crippen LogP contribution in [0.25, 0.3) is 43.0 Å². The highest BCUT2D eigenvalue weighted by molar-refractivity contribution is 7.23. The second-order valence-electron chi connectivity index (χ2n) is 6.45. The largest absolute Gasteiger partial charge is 0.246 e. The molecular weight excluding hydrogens is 346 g/mol. The van der Waals surface area contributed by atoms with Crippen LogP contribution in [0.1, 0.15) is 0 Å². The van der Waals surface area contributed by atoms with E-state index in [1.165, 1.54) is 26.3 Å². The predicted molar refractivity (Wildman–Crippen MR) is 116 cm³/mol. The van der Waals surface area contributed by atoms with Gasteiger partial charge in [-0.2, -0.15) is 0 Å². The van der Waals surface area contributed by atoms with Crippen LogP contribution in [-0.2, 0) is 0 Å². The molecule has 0 spiro atoms. The highest BCUT2D eigenvalue weighted by Crippen LogP contribution is 2.44. The van der Waals surface area contributed by atoms with Crippen LogP contribution < -0.4 is 0 Å². The Morgan fingerprint density at radius 3 is 1.70 bits per heavy atom. The van der Waals surface area contributed by atoms with Gasteiger partial charge in [0.15, 0.2) is 0 Å². The Balaban J connectivity index is 1.80. The van der Waals surface area contributed by atoms with Gasteiger partial charge < -0.3 is 0 Å². The van der Waals surface area contributed by atoms with Gasteiger partial charge in [0, 0.05) is 16.0 Å². The molecule has 0 unspecified atom stereocenters. The number of pyridine rings is 1. The van der Waals surface area contributed by atoms with Crippen molar-refractivity contribution < 1.29 is 0 Å². The molecule has 0 fully saturated rings. The van der Waals surface area contributed by atoms with E-state index < -0.39 is 0 Å². The number of thiophene rings is 1. The summed E-state index contributed by atoms with van der Waals surface area (Å²) in [7, 11) is 0. The van der Waals surface area contributed by atoms with Crippen molar-refractivity contribution in [2.45, 2.75) is 0 Å². The fraction of sp³-hybridized carbons (Fsp3) is 0. The number of aromatic nitrogens is 1. The zero-order valence-electron chi connectivity index (χ0n) is 14.7. The quantitative estimate of drug-likeness (QED) is 0.328. The van der Waals surface area contributed by atoms with Crippen molar-refractivity contribution in [2.24, 2.45) is 0 Å². The van der Waals surface area contributed by atoms with E-state index in [2.05, 4.69) is 97.1 Å². The minimum absolute atomic E-state index is 1.01. The van der Waals surface area contributed by atoms with E-state index in [0.29, 0.717) is 0 Å². The smallest absolute Gasteiger partial charge is 0.0902 e. The number of nitrogens with zero attached hydrogens (tertiary/aromatic N) is 1. The lowest BCUT2D eigenvalue weighted by molar-refractivity contribution is 1.41. The van der Waals surface area contributed by atoms with Crippen LogP contribution in [-0.4, -0.2) is 4.98 Å². The number of hydrogen-bond donors (Lipinski definition) is 0. The summed E-state index contributed by atoms with van der Waals surface area (Å²) in [4.78, 5) is 6.35. The summed E-state index contributed by atoms with van der Waals surface area (Å²) in [6.45, 7) is 0. The molecule has 5 aromatic rings. The predicted octanol–water partition coefficient (Wildman–Crippen LogP) is 7.30. The molecule has 2 heterocycles. The molecule has 0 aliphatic heterocycles. The van der Waals surface area contributed by atoms with Gasteiger partial charge in [-0.05, 0) is 23.3 Å². The van der Waals surface area contributed by atoms with Crippen molar-refractivity contribution in [3.63, 3.8) is 0 Å². The molecule has 0 amide bonds. The normalized spacial score (nSPS) is 11.0. The van der Waals surface area contributed by atoms with Gasteiger partial charge in [0.05, 0.1) is 15.9 Å². The van der Waals surface area contributed by atoms with Gasteiger partial charge in [0.2, 0.25) is 0 Å². The summed E-state index contributed by atoms with van der Waals surface area (Å²) in [5, 5.41) is 0. The molecule has 27 heavy (non-hydrogen) atoms. The highest BCUT2D eigenvalue weighted by atomic mass is 32.1. The molecule has 0 saturated heterocycles. The van der Waals surface area contributed by atoms with Gasteiger partial charge >= 0.3 is 0 Å². The lowest BCUT2D eigenvalue weighted by atomic mass is 10.0. The third-order valence-corrected chi connectivity index (χ3v) is 5.90. The third kappa shape index (κ3) is 2.94. The maximum atomic E-state index is 5.08. The van der Waals surface area contributed by atoms with Crippen molar-refractivity contribution in [3.05, 3.63) is 103 Å². The highest BCUT2D eigenvalue weighted by Gasteiger charge is 2.17. The third-order valence-electron chi connectivity index (χ3n) is 4.70. The van der Waals surface area contributed by atoms with Crippen LogP contribution >= 0.6 is 11.3 Å². The van der Waals surface area contributed by atoms with Crippen LogP contribution in [0.4, 0.5) is 0 Å². The summed E-state index contributed by atoms with van der Waals surface area (Å²) in [6.07, 6.45) is 0. The van der Waals surface area contributed by atoms with E-state index in [0.717, 1.165) is 16.8 Å². The Hall–Kier alpha value is -3.23. The zero-order valence-corrected chi connectivity index (χ0v) is 15.5. The molecule has 0 saturated carbocycles. The molecule has 0 aliphatic carbocycles. The maximum Gasteiger partial charge on any atom is 0.0902 e. The van der Waals surface area contributed by atoms with E-state index in [4.69, 9.17) is 4.98 Å². The van der Waals surface area contributed by atoms with Crippen molar-refractivity contribution in [2.75, 3.05) is 0 Å². The van der Waals surface area contributed by atoms with Gasteiger partial charge in [-0.15, -0.1) is 11.3 Å². The molecule has 0 bridgehead atoms. The molecule has 2 aromatic heterocycles. The van der Waals surface area contributed by atoms with Gasteiger partial charge in [-0.25, -0.2) is 4.98 Å². The van der Waals surface area contributed by atoms with Crippen molar-refractivity contribution in [1.82, 2.24) is 4.98 Å². The Labute approximate surface area is 162 Å². The molecule has 5 rings (SSSR count). The number of benzene rings is 3. The first-order valence-corrected chi connectivity index (χ1v) is 9.81. The lowest BCUT2D eigenvalue weighted by Gasteiger charge is -2.06. The summed E-state index contributed by atoms with van der Waals surface area (Å²) in [5.74, 6) is 0. The summed E-state index contributed by atoms with van der Waals surface area (Å²) in [6, 6.07) is 35.9. The summed E-state index contributed by atoms with van der Waals surface area (Å²) >= 11 is 1.81. The lowest BCUT2D eigenvalue weighted by Crippen LogP contribution is -1.86. The second kappa shape index (κ2) is 6.82. The molecule has 128 valence electrons. The molecule has 3 aromatic carbocycles. The number of fused-ring (bicyclic) bond motifs is 1. The van der Waals surface area contributed by atoms with Crippen molar-refractivity contribution in [3.8, 4) is 32.8 Å². The standard InChI is InChI=1S/C25H17NS/c1-4-10-18(11-5-1)21-16-17-22-24(26-21)23(19-12-6-2-7-13-19)25(27-22)20-14-8-3-9-15-20/h1-17H. The molecule has 0 atom stereocenters. The molecule has 2 heteroatoms. The van der Waals surface area contributed by atoms with Crippen molar-refractivity contribution in [1.29, 1.82) is 0 Å². The molecule has 0 N–H and O–H groups in total. The Bertz CT molecular complexity index is 1190. The molecule has 1 nitrogen and oxygen atoms in total. The van der Waals surface area contributed by atoms with E-state index in [9.17, 15) is 0 Å². The summed E-state index contributed by atoms with van der Waals surface area (Å²) in [5.41, 5.74) is 6.90. The average Bonchev–Trinajstić information content (AvgIpc) is 3.14. The van der Waals surface area contributed by atoms with Gasteiger partial charge in [-0.3, -0.25) is 0 Å². The topological polar surface area (TPSA) is 12.9 Å². The Morgan fingerprint density at radius 1 is 0.519 bits per heavy atom. The van der Waals surface area contributed by atoms with Gasteiger partial charge in [0.25, 0.3) is 0 Å². The van der Waals surface area contributed by atoms with E-state index in [1.54, 1.807) is 0 Å². The fourth-order valence-electron chi connectivity index (χ4n) is 3.41. The first-order valence-electron chi connectivity index (χ1n) is 9.00. The van der Waals surface area contributed by atoms with Crippen LogP contribution in [0.3, 0.4) is 0 Å². The van der Waals surface area contributed by atoms with E-state index in [-0.39, 0.29) is 0 Å². The minimum Gasteiger partial charge on any atom is -0.246 e. The molecule has 0 radical (unpaired) electrons. The van der Waals surface area contributed by atoms with Gasteiger partial charge in [-0.1, -0.05) is 91.0 Å². The van der Waals surface area contributed by atoms with Crippen LogP contribution in [0.5, 0.6) is 0 Å². The van der Waals surface area contributed by atoms with Gasteiger partial charge in [0.1, 0.15) is 0 Å². The van der Waals surface area contributed by atoms with Crippen LogP contribution in [0.15, 0.2) is 103 Å². The SMILES string of the molecule is c1ccc(-c2ccc3sc(-c4ccccc4)c(-c4ccccc4)c3n2)cc1. The Morgan fingerprint density at radius 2 is 1.07 bits per heavy atom. The summed E-state index contributed by atoms with van der Waals surface area (Å²) < 4.78 is 1.22.